The molecule has 0 heterocycles. The fourth-order valence-corrected chi connectivity index (χ4v) is 1.99. The maximum atomic E-state index is 12.3. The van der Waals surface area contributed by atoms with Gasteiger partial charge in [0.1, 0.15) is 0 Å². The van der Waals surface area contributed by atoms with Gasteiger partial charge in [-0.1, -0.05) is 18.2 Å². The SMILES string of the molecule is CCO[C@H](C)[C@](CO)(NC(=O)c1ccccc1)C(=O)OC. The highest BCUT2D eigenvalue weighted by atomic mass is 16.5. The number of carbonyl (C=O) groups is 2. The van der Waals surface area contributed by atoms with Crippen molar-refractivity contribution >= 4 is 11.9 Å². The summed E-state index contributed by atoms with van der Waals surface area (Å²) in [5, 5.41) is 12.2. The van der Waals surface area contributed by atoms with Crippen LogP contribution in [-0.2, 0) is 14.3 Å². The molecule has 6 heteroatoms. The molecule has 0 saturated carbocycles. The highest BCUT2D eigenvalue weighted by Crippen LogP contribution is 2.17. The van der Waals surface area contributed by atoms with Crippen molar-refractivity contribution in [2.75, 3.05) is 20.3 Å². The van der Waals surface area contributed by atoms with Crippen molar-refractivity contribution < 1.29 is 24.2 Å². The van der Waals surface area contributed by atoms with E-state index in [4.69, 9.17) is 9.47 Å². The molecule has 0 spiro atoms. The molecule has 0 unspecified atom stereocenters. The lowest BCUT2D eigenvalue weighted by Crippen LogP contribution is -2.64. The maximum absolute atomic E-state index is 12.3. The Labute approximate surface area is 124 Å². The van der Waals surface area contributed by atoms with E-state index in [0.29, 0.717) is 12.2 Å². The highest BCUT2D eigenvalue weighted by molar-refractivity contribution is 5.98. The van der Waals surface area contributed by atoms with Crippen molar-refractivity contribution in [2.45, 2.75) is 25.5 Å². The van der Waals surface area contributed by atoms with Gasteiger partial charge >= 0.3 is 5.97 Å². The van der Waals surface area contributed by atoms with Gasteiger partial charge in [0.25, 0.3) is 5.91 Å². The molecular formula is C15H21NO5. The Kier molecular flexibility index (Phi) is 6.33. The van der Waals surface area contributed by atoms with Gasteiger partial charge < -0.3 is 19.9 Å². The number of aliphatic hydroxyl groups is 1. The number of hydrogen-bond acceptors (Lipinski definition) is 5. The van der Waals surface area contributed by atoms with Crippen molar-refractivity contribution in [1.29, 1.82) is 0 Å². The molecule has 1 rings (SSSR count). The predicted molar refractivity (Wildman–Crippen MR) is 76.8 cm³/mol. The van der Waals surface area contributed by atoms with Gasteiger partial charge in [0.15, 0.2) is 5.54 Å². The zero-order valence-corrected chi connectivity index (χ0v) is 12.5. The molecule has 1 aromatic rings. The van der Waals surface area contributed by atoms with Gasteiger partial charge in [-0.2, -0.15) is 0 Å². The number of ether oxygens (including phenoxy) is 2. The molecule has 6 nitrogen and oxygen atoms in total. The summed E-state index contributed by atoms with van der Waals surface area (Å²) in [6.45, 7) is 3.07. The summed E-state index contributed by atoms with van der Waals surface area (Å²) >= 11 is 0. The van der Waals surface area contributed by atoms with Crippen molar-refractivity contribution in [1.82, 2.24) is 5.32 Å². The summed E-state index contributed by atoms with van der Waals surface area (Å²) in [4.78, 5) is 24.3. The summed E-state index contributed by atoms with van der Waals surface area (Å²) in [6.07, 6.45) is -0.743. The number of aliphatic hydroxyl groups excluding tert-OH is 1. The summed E-state index contributed by atoms with van der Waals surface area (Å²) in [6, 6.07) is 8.42. The molecule has 0 radical (unpaired) electrons. The second-order valence-corrected chi connectivity index (χ2v) is 4.54. The monoisotopic (exact) mass is 295 g/mol. The number of nitrogens with one attached hydrogen (secondary N) is 1. The molecule has 0 aliphatic carbocycles. The molecule has 2 atom stereocenters. The Bertz CT molecular complexity index is 476. The van der Waals surface area contributed by atoms with E-state index in [-0.39, 0.29) is 0 Å². The molecule has 0 aliphatic heterocycles. The van der Waals surface area contributed by atoms with E-state index in [1.807, 2.05) is 0 Å². The zero-order chi connectivity index (χ0) is 15.9. The van der Waals surface area contributed by atoms with Gasteiger partial charge in [0.2, 0.25) is 0 Å². The standard InChI is InChI=1S/C15H21NO5/c1-4-21-11(2)15(10-17,14(19)20-3)16-13(18)12-8-6-5-7-9-12/h5-9,11,17H,4,10H2,1-3H3,(H,16,18)/t11-,15+/m1/s1. The summed E-state index contributed by atoms with van der Waals surface area (Å²) in [5.41, 5.74) is -1.26. The van der Waals surface area contributed by atoms with Gasteiger partial charge in [-0.3, -0.25) is 4.79 Å². The Morgan fingerprint density at radius 2 is 1.95 bits per heavy atom. The smallest absolute Gasteiger partial charge is 0.336 e. The first-order valence-electron chi connectivity index (χ1n) is 6.70. The molecule has 1 aromatic carbocycles. The van der Waals surface area contributed by atoms with Crippen LogP contribution in [0.4, 0.5) is 0 Å². The number of hydrogen-bond donors (Lipinski definition) is 2. The fraction of sp³-hybridized carbons (Fsp3) is 0.467. The molecule has 1 amide bonds. The topological polar surface area (TPSA) is 84.9 Å². The van der Waals surface area contributed by atoms with E-state index >= 15 is 0 Å². The van der Waals surface area contributed by atoms with Gasteiger partial charge in [-0.25, -0.2) is 4.79 Å². The molecule has 0 fully saturated rings. The van der Waals surface area contributed by atoms with Crippen LogP contribution in [-0.4, -0.2) is 48.9 Å². The minimum absolute atomic E-state index is 0.334. The van der Waals surface area contributed by atoms with Gasteiger partial charge in [-0.05, 0) is 26.0 Å². The second kappa shape index (κ2) is 7.75. The first-order chi connectivity index (χ1) is 10.0. The fourth-order valence-electron chi connectivity index (χ4n) is 1.99. The van der Waals surface area contributed by atoms with Crippen LogP contribution < -0.4 is 5.32 Å². The number of esters is 1. The molecule has 0 aromatic heterocycles. The maximum Gasteiger partial charge on any atom is 0.336 e. The van der Waals surface area contributed by atoms with Crippen LogP contribution in [0.5, 0.6) is 0 Å². The van der Waals surface area contributed by atoms with E-state index < -0.39 is 30.1 Å². The highest BCUT2D eigenvalue weighted by Gasteiger charge is 2.46. The number of amides is 1. The van der Waals surface area contributed by atoms with Gasteiger partial charge in [-0.15, -0.1) is 0 Å². The first kappa shape index (κ1) is 17.1. The number of rotatable bonds is 7. The van der Waals surface area contributed by atoms with Gasteiger partial charge in [0.05, 0.1) is 19.8 Å². The Morgan fingerprint density at radius 3 is 2.43 bits per heavy atom. The molecule has 0 saturated heterocycles. The first-order valence-corrected chi connectivity index (χ1v) is 6.70. The van der Waals surface area contributed by atoms with Crippen LogP contribution in [0.1, 0.15) is 24.2 Å². The van der Waals surface area contributed by atoms with Crippen molar-refractivity contribution in [2.24, 2.45) is 0 Å². The number of benzene rings is 1. The predicted octanol–water partition coefficient (Wildman–Crippen LogP) is 0.745. The van der Waals surface area contributed by atoms with Crippen LogP contribution in [0.15, 0.2) is 30.3 Å². The summed E-state index contributed by atoms with van der Waals surface area (Å²) < 4.78 is 10.1. The average molecular weight is 295 g/mol. The van der Waals surface area contributed by atoms with Gasteiger partial charge in [0, 0.05) is 12.2 Å². The van der Waals surface area contributed by atoms with E-state index in [1.165, 1.54) is 7.11 Å². The third kappa shape index (κ3) is 3.80. The van der Waals surface area contributed by atoms with Crippen LogP contribution in [0.25, 0.3) is 0 Å². The van der Waals surface area contributed by atoms with Crippen molar-refractivity contribution in [3.05, 3.63) is 35.9 Å². The normalized spacial score (nSPS) is 14.9. The summed E-state index contributed by atoms with van der Waals surface area (Å²) in [5.74, 6) is -1.24. The zero-order valence-electron chi connectivity index (χ0n) is 12.5. The van der Waals surface area contributed by atoms with E-state index in [2.05, 4.69) is 5.32 Å². The minimum Gasteiger partial charge on any atom is -0.467 e. The molecule has 0 bridgehead atoms. The van der Waals surface area contributed by atoms with E-state index in [1.54, 1.807) is 44.2 Å². The van der Waals surface area contributed by atoms with Crippen LogP contribution in [0.2, 0.25) is 0 Å². The molecule has 21 heavy (non-hydrogen) atoms. The third-order valence-corrected chi connectivity index (χ3v) is 3.28. The lowest BCUT2D eigenvalue weighted by Gasteiger charge is -2.35. The Hall–Kier alpha value is -1.92. The Balaban J connectivity index is 3.07. The quantitative estimate of drug-likeness (QED) is 0.725. The van der Waals surface area contributed by atoms with Crippen LogP contribution >= 0.6 is 0 Å². The molecular weight excluding hydrogens is 274 g/mol. The van der Waals surface area contributed by atoms with Crippen molar-refractivity contribution in [3.8, 4) is 0 Å². The number of carbonyl (C=O) groups excluding carboxylic acids is 2. The van der Waals surface area contributed by atoms with Crippen molar-refractivity contribution in [3.63, 3.8) is 0 Å². The number of methoxy groups -OCH3 is 1. The minimum atomic E-state index is -1.64. The molecule has 0 aliphatic rings. The largest absolute Gasteiger partial charge is 0.467 e. The summed E-state index contributed by atoms with van der Waals surface area (Å²) in [7, 11) is 1.19. The lowest BCUT2D eigenvalue weighted by molar-refractivity contribution is -0.157. The van der Waals surface area contributed by atoms with E-state index in [0.717, 1.165) is 0 Å². The second-order valence-electron chi connectivity index (χ2n) is 4.54. The van der Waals surface area contributed by atoms with Crippen LogP contribution in [0, 0.1) is 0 Å². The van der Waals surface area contributed by atoms with E-state index in [9.17, 15) is 14.7 Å². The molecule has 2 N–H and O–H groups in total. The molecule has 116 valence electrons. The lowest BCUT2D eigenvalue weighted by atomic mass is 9.93. The Morgan fingerprint density at radius 1 is 1.33 bits per heavy atom. The third-order valence-electron chi connectivity index (χ3n) is 3.28. The van der Waals surface area contributed by atoms with Crippen LogP contribution in [0.3, 0.4) is 0 Å². The average Bonchev–Trinajstić information content (AvgIpc) is 2.52.